The molecule has 0 aromatic rings. The molecule has 0 N–H and O–H groups in total. The summed E-state index contributed by atoms with van der Waals surface area (Å²) in [6.45, 7) is 0. The predicted molar refractivity (Wildman–Crippen MR) is 39.7 cm³/mol. The van der Waals surface area contributed by atoms with E-state index in [1.807, 2.05) is 0 Å². The molecule has 10 heavy (non-hydrogen) atoms. The Bertz CT molecular complexity index is 151. The molecule has 0 saturated heterocycles. The zero-order valence-electron chi connectivity index (χ0n) is 6.31. The molecule has 2 aliphatic rings. The Morgan fingerprint density at radius 3 is 2.80 bits per heavy atom. The van der Waals surface area contributed by atoms with Gasteiger partial charge in [0.2, 0.25) is 0 Å². The van der Waals surface area contributed by atoms with Crippen LogP contribution in [0.15, 0.2) is 0 Å². The fourth-order valence-electron chi connectivity index (χ4n) is 2.05. The van der Waals surface area contributed by atoms with Crippen LogP contribution in [0.2, 0.25) is 0 Å². The van der Waals surface area contributed by atoms with E-state index in [1.165, 1.54) is 25.7 Å². The highest BCUT2D eigenvalue weighted by Crippen LogP contribution is 2.46. The Morgan fingerprint density at radius 1 is 1.10 bits per heavy atom. The summed E-state index contributed by atoms with van der Waals surface area (Å²) in [4.78, 5) is 11.0. The maximum atomic E-state index is 11.0. The molecule has 2 aliphatic carbocycles. The molecule has 0 aromatic carbocycles. The van der Waals surface area contributed by atoms with Crippen LogP contribution >= 0.6 is 0 Å². The largest absolute Gasteiger partial charge is 0.300 e. The Balaban J connectivity index is 1.88. The lowest BCUT2D eigenvalue weighted by atomic mass is 10.0. The second kappa shape index (κ2) is 2.37. The average molecular weight is 138 g/mol. The topological polar surface area (TPSA) is 17.1 Å². The first kappa shape index (κ1) is 6.38. The summed E-state index contributed by atoms with van der Waals surface area (Å²) in [6, 6.07) is 0. The van der Waals surface area contributed by atoms with Crippen LogP contribution in [0.5, 0.6) is 0 Å². The number of hydrogen-bond donors (Lipinski definition) is 0. The third kappa shape index (κ3) is 1.23. The second-order valence-electron chi connectivity index (χ2n) is 3.73. The number of Topliss-reactive ketones (excluding diaryl/α,β-unsaturated/α-hetero) is 1. The van der Waals surface area contributed by atoms with E-state index in [9.17, 15) is 4.79 Å². The number of carbonyl (C=O) groups excluding carboxylic acids is 1. The molecule has 1 nitrogen and oxygen atoms in total. The molecular weight excluding hydrogens is 124 g/mol. The molecule has 0 aliphatic heterocycles. The molecule has 0 unspecified atom stereocenters. The zero-order chi connectivity index (χ0) is 6.97. The lowest BCUT2D eigenvalue weighted by molar-refractivity contribution is -0.119. The van der Waals surface area contributed by atoms with Gasteiger partial charge in [0.25, 0.3) is 0 Å². The van der Waals surface area contributed by atoms with Crippen LogP contribution in [0, 0.1) is 11.8 Å². The minimum absolute atomic E-state index is 0.505. The number of hydrogen-bond acceptors (Lipinski definition) is 1. The molecule has 0 bridgehead atoms. The fraction of sp³-hybridized carbons (Fsp3) is 0.889. The Hall–Kier alpha value is -0.330. The molecule has 0 spiro atoms. The monoisotopic (exact) mass is 138 g/mol. The molecule has 2 rings (SSSR count). The smallest absolute Gasteiger partial charge is 0.132 e. The van der Waals surface area contributed by atoms with Gasteiger partial charge in [0.05, 0.1) is 0 Å². The zero-order valence-corrected chi connectivity index (χ0v) is 6.31. The molecule has 1 heteroatoms. The highest BCUT2D eigenvalue weighted by Gasteiger charge is 2.37. The lowest BCUT2D eigenvalue weighted by Crippen LogP contribution is -2.02. The van der Waals surface area contributed by atoms with E-state index in [4.69, 9.17) is 0 Å². The molecular formula is C9H14O. The van der Waals surface area contributed by atoms with Gasteiger partial charge in [-0.3, -0.25) is 4.79 Å². The Morgan fingerprint density at radius 2 is 1.90 bits per heavy atom. The second-order valence-corrected chi connectivity index (χ2v) is 3.73. The van der Waals surface area contributed by atoms with Gasteiger partial charge in [0, 0.05) is 12.8 Å². The van der Waals surface area contributed by atoms with Crippen molar-refractivity contribution in [2.24, 2.45) is 11.8 Å². The van der Waals surface area contributed by atoms with Crippen molar-refractivity contribution in [2.75, 3.05) is 0 Å². The van der Waals surface area contributed by atoms with Gasteiger partial charge in [0.1, 0.15) is 5.78 Å². The maximum Gasteiger partial charge on any atom is 0.132 e. The van der Waals surface area contributed by atoms with Crippen molar-refractivity contribution in [3.63, 3.8) is 0 Å². The van der Waals surface area contributed by atoms with Crippen LogP contribution < -0.4 is 0 Å². The number of ketones is 1. The van der Waals surface area contributed by atoms with Crippen LogP contribution in [0.1, 0.15) is 38.5 Å². The van der Waals surface area contributed by atoms with Crippen molar-refractivity contribution in [3.8, 4) is 0 Å². The summed E-state index contributed by atoms with van der Waals surface area (Å²) in [5.74, 6) is 2.47. The van der Waals surface area contributed by atoms with Crippen molar-refractivity contribution in [1.29, 1.82) is 0 Å². The Kier molecular flexibility index (Phi) is 1.51. The SMILES string of the molecule is O=C1CCC[C@@H]2C[C@@H]2CC1. The summed E-state index contributed by atoms with van der Waals surface area (Å²) in [5, 5.41) is 0. The predicted octanol–water partition coefficient (Wildman–Crippen LogP) is 2.16. The molecule has 0 aromatic heterocycles. The first-order valence-corrected chi connectivity index (χ1v) is 4.38. The van der Waals surface area contributed by atoms with Crippen LogP contribution in [0.25, 0.3) is 0 Å². The molecule has 2 fully saturated rings. The standard InChI is InChI=1S/C9H14O/c10-9-3-1-2-7-6-8(7)4-5-9/h7-8H,1-6H2/t7-,8+/m1/s1. The first-order chi connectivity index (χ1) is 4.86. The minimum atomic E-state index is 0.505. The first-order valence-electron chi connectivity index (χ1n) is 4.38. The molecule has 2 saturated carbocycles. The summed E-state index contributed by atoms with van der Waals surface area (Å²) in [7, 11) is 0. The number of rotatable bonds is 0. The maximum absolute atomic E-state index is 11.0. The molecule has 2 atom stereocenters. The van der Waals surface area contributed by atoms with E-state index < -0.39 is 0 Å². The van der Waals surface area contributed by atoms with Crippen molar-refractivity contribution in [2.45, 2.75) is 38.5 Å². The summed E-state index contributed by atoms with van der Waals surface area (Å²) in [5.41, 5.74) is 0. The van der Waals surface area contributed by atoms with E-state index >= 15 is 0 Å². The van der Waals surface area contributed by atoms with Gasteiger partial charge in [0.15, 0.2) is 0 Å². The van der Waals surface area contributed by atoms with E-state index in [2.05, 4.69) is 0 Å². The summed E-state index contributed by atoms with van der Waals surface area (Å²) < 4.78 is 0. The lowest BCUT2D eigenvalue weighted by Gasteiger charge is -2.04. The van der Waals surface area contributed by atoms with Gasteiger partial charge in [-0.15, -0.1) is 0 Å². The van der Waals surface area contributed by atoms with E-state index in [0.717, 1.165) is 24.7 Å². The van der Waals surface area contributed by atoms with Gasteiger partial charge in [-0.1, -0.05) is 0 Å². The van der Waals surface area contributed by atoms with Gasteiger partial charge in [-0.05, 0) is 37.5 Å². The number of carbonyl (C=O) groups is 1. The molecule has 0 amide bonds. The summed E-state index contributed by atoms with van der Waals surface area (Å²) in [6.07, 6.45) is 6.86. The van der Waals surface area contributed by atoms with Gasteiger partial charge >= 0.3 is 0 Å². The van der Waals surface area contributed by atoms with E-state index in [1.54, 1.807) is 0 Å². The van der Waals surface area contributed by atoms with Crippen LogP contribution in [0.4, 0.5) is 0 Å². The van der Waals surface area contributed by atoms with Gasteiger partial charge in [-0.25, -0.2) is 0 Å². The van der Waals surface area contributed by atoms with Gasteiger partial charge < -0.3 is 0 Å². The molecule has 0 heterocycles. The van der Waals surface area contributed by atoms with Gasteiger partial charge in [-0.2, -0.15) is 0 Å². The third-order valence-electron chi connectivity index (χ3n) is 2.89. The number of fused-ring (bicyclic) bond motifs is 1. The molecule has 0 radical (unpaired) electrons. The van der Waals surface area contributed by atoms with Crippen LogP contribution in [-0.2, 0) is 4.79 Å². The Labute approximate surface area is 61.8 Å². The van der Waals surface area contributed by atoms with Crippen molar-refractivity contribution in [3.05, 3.63) is 0 Å². The highest BCUT2D eigenvalue weighted by molar-refractivity contribution is 5.78. The molecule has 56 valence electrons. The van der Waals surface area contributed by atoms with Crippen molar-refractivity contribution in [1.82, 2.24) is 0 Å². The van der Waals surface area contributed by atoms with Crippen molar-refractivity contribution < 1.29 is 4.79 Å². The van der Waals surface area contributed by atoms with Crippen molar-refractivity contribution >= 4 is 5.78 Å². The van der Waals surface area contributed by atoms with Crippen LogP contribution in [-0.4, -0.2) is 5.78 Å². The normalized spacial score (nSPS) is 39.8. The summed E-state index contributed by atoms with van der Waals surface area (Å²) >= 11 is 0. The quantitative estimate of drug-likeness (QED) is 0.501. The average Bonchev–Trinajstić information content (AvgIpc) is 2.59. The highest BCUT2D eigenvalue weighted by atomic mass is 16.1. The third-order valence-corrected chi connectivity index (χ3v) is 2.89. The minimum Gasteiger partial charge on any atom is -0.300 e. The fourth-order valence-corrected chi connectivity index (χ4v) is 2.05. The van der Waals surface area contributed by atoms with E-state index in [-0.39, 0.29) is 0 Å². The van der Waals surface area contributed by atoms with E-state index in [0.29, 0.717) is 5.78 Å². The van der Waals surface area contributed by atoms with Crippen LogP contribution in [0.3, 0.4) is 0 Å².